The summed E-state index contributed by atoms with van der Waals surface area (Å²) in [6.07, 6.45) is -0.609. The Labute approximate surface area is 153 Å². The van der Waals surface area contributed by atoms with Crippen LogP contribution < -0.4 is 10.1 Å². The van der Waals surface area contributed by atoms with Crippen molar-refractivity contribution in [1.82, 2.24) is 9.97 Å². The molecule has 0 aliphatic rings. The number of halogens is 1. The van der Waals surface area contributed by atoms with E-state index in [2.05, 4.69) is 20.0 Å². The number of benzene rings is 3. The third-order valence-corrected chi connectivity index (χ3v) is 4.19. The molecule has 1 amide bonds. The van der Waals surface area contributed by atoms with Crippen molar-refractivity contribution in [3.63, 3.8) is 0 Å². The number of hydrogen-bond donors (Lipinski definition) is 2. The van der Waals surface area contributed by atoms with E-state index in [1.54, 1.807) is 12.1 Å². The minimum absolute atomic E-state index is 0.269. The maximum Gasteiger partial charge on any atom is 0.413 e. The van der Waals surface area contributed by atoms with Crippen LogP contribution in [-0.4, -0.2) is 23.2 Å². The van der Waals surface area contributed by atoms with Crippen molar-refractivity contribution >= 4 is 45.4 Å². The molecule has 0 fully saturated rings. The predicted molar refractivity (Wildman–Crippen MR) is 101 cm³/mol. The number of ether oxygens (including phenoxy) is 2. The largest absolute Gasteiger partial charge is 0.456 e. The molecule has 0 aliphatic carbocycles. The highest BCUT2D eigenvalue weighted by Gasteiger charge is 2.11. The summed E-state index contributed by atoms with van der Waals surface area (Å²) in [5.74, 6) is 1.42. The first kappa shape index (κ1) is 16.2. The van der Waals surface area contributed by atoms with Gasteiger partial charge in [0.1, 0.15) is 11.5 Å². The van der Waals surface area contributed by atoms with Gasteiger partial charge in [0, 0.05) is 6.07 Å². The van der Waals surface area contributed by atoms with E-state index >= 15 is 0 Å². The summed E-state index contributed by atoms with van der Waals surface area (Å²) in [6, 6.07) is 17.3. The SMILES string of the molecule is COC(=O)Nc1nc2cc(Oc3ccc4ccccc4c3)c(Cl)cc2[nH]1. The third-order valence-electron chi connectivity index (χ3n) is 3.89. The molecule has 2 N–H and O–H groups in total. The molecule has 0 radical (unpaired) electrons. The molecule has 0 saturated heterocycles. The first-order chi connectivity index (χ1) is 12.6. The number of nitrogens with one attached hydrogen (secondary N) is 2. The Bertz CT molecular complexity index is 1120. The predicted octanol–water partition coefficient (Wildman–Crippen LogP) is 5.34. The molecule has 0 unspecified atom stereocenters. The number of aromatic nitrogens is 2. The molecule has 0 aliphatic heterocycles. The molecule has 1 heterocycles. The van der Waals surface area contributed by atoms with E-state index in [1.807, 2.05) is 42.5 Å². The molecule has 4 aromatic rings. The van der Waals surface area contributed by atoms with Crippen LogP contribution in [0, 0.1) is 0 Å². The molecule has 0 spiro atoms. The number of imidazole rings is 1. The smallest absolute Gasteiger partial charge is 0.413 e. The lowest BCUT2D eigenvalue weighted by atomic mass is 10.1. The number of carbonyl (C=O) groups is 1. The van der Waals surface area contributed by atoms with Crippen molar-refractivity contribution in [2.24, 2.45) is 0 Å². The Hall–Kier alpha value is -3.25. The number of aromatic amines is 1. The monoisotopic (exact) mass is 367 g/mol. The molecule has 7 heteroatoms. The Morgan fingerprint density at radius 3 is 2.73 bits per heavy atom. The molecule has 0 saturated carbocycles. The second-order valence-corrected chi connectivity index (χ2v) is 6.02. The summed E-state index contributed by atoms with van der Waals surface area (Å²) >= 11 is 6.33. The molecule has 130 valence electrons. The normalized spacial score (nSPS) is 10.8. The molecule has 0 atom stereocenters. The molecule has 3 aromatic carbocycles. The number of anilines is 1. The number of carbonyl (C=O) groups excluding carboxylic acids is 1. The summed E-state index contributed by atoms with van der Waals surface area (Å²) in [7, 11) is 1.28. The summed E-state index contributed by atoms with van der Waals surface area (Å²) in [5.41, 5.74) is 1.28. The van der Waals surface area contributed by atoms with Gasteiger partial charge in [-0.25, -0.2) is 9.78 Å². The Morgan fingerprint density at radius 2 is 1.92 bits per heavy atom. The van der Waals surface area contributed by atoms with E-state index in [0.29, 0.717) is 27.6 Å². The second-order valence-electron chi connectivity index (χ2n) is 5.61. The molecule has 6 nitrogen and oxygen atoms in total. The van der Waals surface area contributed by atoms with E-state index in [4.69, 9.17) is 16.3 Å². The van der Waals surface area contributed by atoms with Crippen LogP contribution in [0.4, 0.5) is 10.7 Å². The van der Waals surface area contributed by atoms with Gasteiger partial charge in [0.15, 0.2) is 0 Å². The number of amides is 1. The van der Waals surface area contributed by atoms with Crippen molar-refractivity contribution in [2.75, 3.05) is 12.4 Å². The summed E-state index contributed by atoms with van der Waals surface area (Å²) in [4.78, 5) is 18.5. The van der Waals surface area contributed by atoms with E-state index in [0.717, 1.165) is 10.8 Å². The molecular formula is C19H14ClN3O3. The van der Waals surface area contributed by atoms with Crippen molar-refractivity contribution in [3.05, 3.63) is 59.6 Å². The number of methoxy groups -OCH3 is 1. The van der Waals surface area contributed by atoms with Crippen LogP contribution in [0.1, 0.15) is 0 Å². The minimum atomic E-state index is -0.609. The summed E-state index contributed by atoms with van der Waals surface area (Å²) in [6.45, 7) is 0. The number of hydrogen-bond acceptors (Lipinski definition) is 4. The van der Waals surface area contributed by atoms with E-state index in [1.165, 1.54) is 7.11 Å². The van der Waals surface area contributed by atoms with Crippen LogP contribution >= 0.6 is 11.6 Å². The van der Waals surface area contributed by atoms with Gasteiger partial charge in [0.2, 0.25) is 5.95 Å². The Kier molecular flexibility index (Phi) is 4.10. The van der Waals surface area contributed by atoms with Crippen molar-refractivity contribution in [1.29, 1.82) is 0 Å². The fraction of sp³-hybridized carbons (Fsp3) is 0.0526. The van der Waals surface area contributed by atoms with Gasteiger partial charge in [-0.3, -0.25) is 5.32 Å². The molecule has 4 rings (SSSR count). The summed E-state index contributed by atoms with van der Waals surface area (Å²) in [5, 5.41) is 5.11. The Morgan fingerprint density at radius 1 is 1.12 bits per heavy atom. The maximum atomic E-state index is 11.3. The fourth-order valence-corrected chi connectivity index (χ4v) is 2.86. The van der Waals surface area contributed by atoms with Gasteiger partial charge >= 0.3 is 6.09 Å². The average Bonchev–Trinajstić information content (AvgIpc) is 3.02. The van der Waals surface area contributed by atoms with Crippen LogP contribution in [0.15, 0.2) is 54.6 Å². The van der Waals surface area contributed by atoms with E-state index < -0.39 is 6.09 Å². The van der Waals surface area contributed by atoms with Crippen molar-refractivity contribution < 1.29 is 14.3 Å². The fourth-order valence-electron chi connectivity index (χ4n) is 2.65. The van der Waals surface area contributed by atoms with Crippen molar-refractivity contribution in [2.45, 2.75) is 0 Å². The van der Waals surface area contributed by atoms with Gasteiger partial charge in [0.05, 0.1) is 23.2 Å². The molecular weight excluding hydrogens is 354 g/mol. The maximum absolute atomic E-state index is 11.3. The number of H-pyrrole nitrogens is 1. The standard InChI is InChI=1S/C19H14ClN3O3/c1-25-19(24)23-18-21-15-9-14(20)17(10-16(15)22-18)26-13-7-6-11-4-2-3-5-12(11)8-13/h2-10H,1H3,(H2,21,22,23,24). The third kappa shape index (κ3) is 3.14. The number of rotatable bonds is 3. The minimum Gasteiger partial charge on any atom is -0.456 e. The highest BCUT2D eigenvalue weighted by atomic mass is 35.5. The lowest BCUT2D eigenvalue weighted by molar-refractivity contribution is 0.186. The highest BCUT2D eigenvalue weighted by molar-refractivity contribution is 6.32. The molecule has 26 heavy (non-hydrogen) atoms. The van der Waals surface area contributed by atoms with E-state index in [9.17, 15) is 4.79 Å². The number of nitrogens with zero attached hydrogens (tertiary/aromatic N) is 1. The average molecular weight is 368 g/mol. The zero-order valence-corrected chi connectivity index (χ0v) is 14.5. The highest BCUT2D eigenvalue weighted by Crippen LogP contribution is 2.34. The topological polar surface area (TPSA) is 76.2 Å². The van der Waals surface area contributed by atoms with Crippen molar-refractivity contribution in [3.8, 4) is 11.5 Å². The second kappa shape index (κ2) is 6.57. The van der Waals surface area contributed by atoms with Gasteiger partial charge in [-0.1, -0.05) is 41.9 Å². The van der Waals surface area contributed by atoms with Gasteiger partial charge in [-0.2, -0.15) is 0 Å². The van der Waals surface area contributed by atoms with Gasteiger partial charge in [-0.15, -0.1) is 0 Å². The zero-order chi connectivity index (χ0) is 18.1. The van der Waals surface area contributed by atoms with Gasteiger partial charge in [-0.05, 0) is 29.0 Å². The quantitative estimate of drug-likeness (QED) is 0.512. The van der Waals surface area contributed by atoms with E-state index in [-0.39, 0.29) is 5.95 Å². The van der Waals surface area contributed by atoms with Crippen LogP contribution in [0.5, 0.6) is 11.5 Å². The lowest BCUT2D eigenvalue weighted by Gasteiger charge is -2.08. The molecule has 1 aromatic heterocycles. The van der Waals surface area contributed by atoms with Gasteiger partial charge < -0.3 is 14.5 Å². The summed E-state index contributed by atoms with van der Waals surface area (Å²) < 4.78 is 10.5. The van der Waals surface area contributed by atoms with Crippen LogP contribution in [0.2, 0.25) is 5.02 Å². The first-order valence-electron chi connectivity index (χ1n) is 7.83. The van der Waals surface area contributed by atoms with Gasteiger partial charge in [0.25, 0.3) is 0 Å². The molecule has 0 bridgehead atoms. The van der Waals surface area contributed by atoms with Crippen LogP contribution in [0.3, 0.4) is 0 Å². The lowest BCUT2D eigenvalue weighted by Crippen LogP contribution is -2.11. The number of fused-ring (bicyclic) bond motifs is 2. The Balaban J connectivity index is 1.66. The first-order valence-corrected chi connectivity index (χ1v) is 8.21. The zero-order valence-electron chi connectivity index (χ0n) is 13.7. The van der Waals surface area contributed by atoms with Crippen LogP contribution in [-0.2, 0) is 4.74 Å². The van der Waals surface area contributed by atoms with Crippen LogP contribution in [0.25, 0.3) is 21.8 Å².